The maximum Gasteiger partial charge on any atom is 0.274 e. The van der Waals surface area contributed by atoms with Crippen LogP contribution in [-0.4, -0.2) is 69.2 Å². The Hall–Kier alpha value is -4.24. The highest BCUT2D eigenvalue weighted by molar-refractivity contribution is 5.96. The topological polar surface area (TPSA) is 93.7 Å². The molecule has 4 aromatic rings. The highest BCUT2D eigenvalue weighted by atomic mass is 16.5. The Kier molecular flexibility index (Phi) is 6.28. The van der Waals surface area contributed by atoms with Crippen LogP contribution in [-0.2, 0) is 24.2 Å². The van der Waals surface area contributed by atoms with Gasteiger partial charge in [0.25, 0.3) is 11.8 Å². The fraction of sp³-hybridized carbons (Fsp3) is 0.286. The molecule has 3 aromatic heterocycles. The molecule has 0 unspecified atom stereocenters. The molecule has 0 spiro atoms. The average Bonchev–Trinajstić information content (AvgIpc) is 3.62. The summed E-state index contributed by atoms with van der Waals surface area (Å²) in [6, 6.07) is 16.9. The zero-order valence-corrected chi connectivity index (χ0v) is 20.4. The van der Waals surface area contributed by atoms with Gasteiger partial charge in [-0.3, -0.25) is 19.3 Å². The largest absolute Gasteiger partial charge is 0.464 e. The minimum absolute atomic E-state index is 0.0705. The summed E-state index contributed by atoms with van der Waals surface area (Å²) in [4.78, 5) is 35.0. The lowest BCUT2D eigenvalue weighted by atomic mass is 10.0. The number of pyridine rings is 1. The molecule has 5 heterocycles. The van der Waals surface area contributed by atoms with Crippen molar-refractivity contribution in [3.05, 3.63) is 95.3 Å². The van der Waals surface area contributed by atoms with Crippen LogP contribution in [0.3, 0.4) is 0 Å². The van der Waals surface area contributed by atoms with Crippen molar-refractivity contribution in [1.82, 2.24) is 24.6 Å². The maximum atomic E-state index is 13.5. The number of aromatic nitrogens is 3. The van der Waals surface area contributed by atoms with Gasteiger partial charge in [-0.25, -0.2) is 0 Å². The van der Waals surface area contributed by atoms with Crippen LogP contribution in [0.5, 0.6) is 0 Å². The van der Waals surface area contributed by atoms with Crippen molar-refractivity contribution < 1.29 is 18.7 Å². The van der Waals surface area contributed by atoms with Crippen molar-refractivity contribution in [2.75, 3.05) is 32.8 Å². The third kappa shape index (κ3) is 4.65. The number of furan rings is 1. The van der Waals surface area contributed by atoms with Crippen LogP contribution in [0.1, 0.15) is 37.8 Å². The number of hydrogen-bond donors (Lipinski definition) is 0. The molecule has 37 heavy (non-hydrogen) atoms. The van der Waals surface area contributed by atoms with Crippen LogP contribution in [0.2, 0.25) is 0 Å². The van der Waals surface area contributed by atoms with Gasteiger partial charge in [0.05, 0.1) is 38.3 Å². The molecule has 2 aliphatic heterocycles. The Balaban J connectivity index is 1.28. The van der Waals surface area contributed by atoms with E-state index in [2.05, 4.69) is 4.98 Å². The molecule has 188 valence electrons. The number of carbonyl (C=O) groups is 2. The van der Waals surface area contributed by atoms with Crippen LogP contribution in [0.25, 0.3) is 11.3 Å². The quantitative estimate of drug-likeness (QED) is 0.420. The van der Waals surface area contributed by atoms with E-state index in [0.29, 0.717) is 63.6 Å². The van der Waals surface area contributed by atoms with Gasteiger partial charge in [-0.15, -0.1) is 0 Å². The van der Waals surface area contributed by atoms with Gasteiger partial charge < -0.3 is 19.0 Å². The number of ether oxygens (including phenoxy) is 1. The summed E-state index contributed by atoms with van der Waals surface area (Å²) >= 11 is 0. The third-order valence-corrected chi connectivity index (χ3v) is 6.90. The molecule has 9 heteroatoms. The van der Waals surface area contributed by atoms with Gasteiger partial charge in [-0.1, -0.05) is 18.2 Å². The van der Waals surface area contributed by atoms with E-state index in [4.69, 9.17) is 14.3 Å². The van der Waals surface area contributed by atoms with E-state index >= 15 is 0 Å². The summed E-state index contributed by atoms with van der Waals surface area (Å²) in [6.45, 7) is 3.45. The first-order valence-electron chi connectivity index (χ1n) is 12.5. The third-order valence-electron chi connectivity index (χ3n) is 6.90. The molecule has 0 bridgehead atoms. The SMILES string of the molecule is O=C(c1ccc(-c2ccco2)cc1)N1CCc2c(c(C(=O)N3CCOCC3)nn2Cc2ccccn2)C1. The molecule has 9 nitrogen and oxygen atoms in total. The van der Waals surface area contributed by atoms with E-state index in [0.717, 1.165) is 28.3 Å². The molecular weight excluding hydrogens is 470 g/mol. The fourth-order valence-electron chi connectivity index (χ4n) is 4.93. The van der Waals surface area contributed by atoms with E-state index in [1.165, 1.54) is 0 Å². The molecular formula is C28H27N5O4. The van der Waals surface area contributed by atoms with Gasteiger partial charge in [-0.2, -0.15) is 5.10 Å². The molecule has 6 rings (SSSR count). The minimum atomic E-state index is -0.114. The Labute approximate surface area is 214 Å². The number of morpholine rings is 1. The summed E-state index contributed by atoms with van der Waals surface area (Å²) in [7, 11) is 0. The summed E-state index contributed by atoms with van der Waals surface area (Å²) in [5, 5.41) is 4.77. The summed E-state index contributed by atoms with van der Waals surface area (Å²) in [5.74, 6) is 0.573. The zero-order chi connectivity index (χ0) is 25.2. The predicted molar refractivity (Wildman–Crippen MR) is 135 cm³/mol. The molecule has 1 fully saturated rings. The molecule has 1 saturated heterocycles. The Morgan fingerprint density at radius 2 is 1.73 bits per heavy atom. The molecule has 2 amide bonds. The van der Waals surface area contributed by atoms with Crippen molar-refractivity contribution in [2.24, 2.45) is 0 Å². The van der Waals surface area contributed by atoms with Crippen molar-refractivity contribution in [1.29, 1.82) is 0 Å². The van der Waals surface area contributed by atoms with Gasteiger partial charge in [-0.05, 0) is 36.4 Å². The average molecular weight is 498 g/mol. The van der Waals surface area contributed by atoms with Gasteiger partial charge in [0.2, 0.25) is 0 Å². The first kappa shape index (κ1) is 23.2. The lowest BCUT2D eigenvalue weighted by molar-refractivity contribution is 0.0296. The molecule has 0 aliphatic carbocycles. The van der Waals surface area contributed by atoms with Gasteiger partial charge >= 0.3 is 0 Å². The second-order valence-corrected chi connectivity index (χ2v) is 9.19. The maximum absolute atomic E-state index is 13.5. The first-order valence-corrected chi connectivity index (χ1v) is 12.5. The number of carbonyl (C=O) groups excluding carboxylic acids is 2. The number of benzene rings is 1. The lowest BCUT2D eigenvalue weighted by Gasteiger charge is -2.29. The van der Waals surface area contributed by atoms with Crippen LogP contribution >= 0.6 is 0 Å². The summed E-state index contributed by atoms with van der Waals surface area (Å²) in [5.41, 5.74) is 4.60. The van der Waals surface area contributed by atoms with Crippen LogP contribution in [0.15, 0.2) is 71.5 Å². The zero-order valence-electron chi connectivity index (χ0n) is 20.4. The molecule has 0 N–H and O–H groups in total. The highest BCUT2D eigenvalue weighted by Gasteiger charge is 2.32. The number of nitrogens with zero attached hydrogens (tertiary/aromatic N) is 5. The fourth-order valence-corrected chi connectivity index (χ4v) is 4.93. The first-order chi connectivity index (χ1) is 18.2. The van der Waals surface area contributed by atoms with Crippen molar-refractivity contribution in [3.63, 3.8) is 0 Å². The number of rotatable bonds is 5. The van der Waals surface area contributed by atoms with Gasteiger partial charge in [0, 0.05) is 54.6 Å². The number of amides is 2. The normalized spacial score (nSPS) is 15.5. The summed E-state index contributed by atoms with van der Waals surface area (Å²) < 4.78 is 12.8. The molecule has 0 saturated carbocycles. The van der Waals surface area contributed by atoms with Crippen LogP contribution in [0.4, 0.5) is 0 Å². The second-order valence-electron chi connectivity index (χ2n) is 9.19. The van der Waals surface area contributed by atoms with E-state index in [1.54, 1.807) is 22.3 Å². The molecule has 0 radical (unpaired) electrons. The monoisotopic (exact) mass is 497 g/mol. The predicted octanol–water partition coefficient (Wildman–Crippen LogP) is 3.26. The van der Waals surface area contributed by atoms with E-state index in [1.807, 2.05) is 59.3 Å². The Morgan fingerprint density at radius 3 is 2.46 bits per heavy atom. The van der Waals surface area contributed by atoms with Crippen molar-refractivity contribution >= 4 is 11.8 Å². The van der Waals surface area contributed by atoms with Crippen molar-refractivity contribution in [2.45, 2.75) is 19.5 Å². The molecule has 1 aromatic carbocycles. The Bertz CT molecular complexity index is 1390. The van der Waals surface area contributed by atoms with Gasteiger partial charge in [0.15, 0.2) is 5.69 Å². The number of hydrogen-bond acceptors (Lipinski definition) is 6. The van der Waals surface area contributed by atoms with Crippen LogP contribution < -0.4 is 0 Å². The molecule has 2 aliphatic rings. The molecule has 0 atom stereocenters. The standard InChI is InChI=1S/C28H27N5O4/c34-27(21-8-6-20(7-9-21)25-5-3-15-37-25)32-12-10-24-23(19-32)26(28(35)31-13-16-36-17-14-31)30-33(24)18-22-4-1-2-11-29-22/h1-9,11,15H,10,12-14,16-19H2. The summed E-state index contributed by atoms with van der Waals surface area (Å²) in [6.07, 6.45) is 3.99. The minimum Gasteiger partial charge on any atom is -0.464 e. The van der Waals surface area contributed by atoms with Gasteiger partial charge in [0.1, 0.15) is 5.76 Å². The number of fused-ring (bicyclic) bond motifs is 1. The Morgan fingerprint density at radius 1 is 0.892 bits per heavy atom. The second kappa shape index (κ2) is 10.0. The van der Waals surface area contributed by atoms with E-state index in [9.17, 15) is 9.59 Å². The van der Waals surface area contributed by atoms with Crippen molar-refractivity contribution in [3.8, 4) is 11.3 Å². The van der Waals surface area contributed by atoms with E-state index < -0.39 is 0 Å². The van der Waals surface area contributed by atoms with Crippen LogP contribution in [0, 0.1) is 0 Å². The smallest absolute Gasteiger partial charge is 0.274 e. The lowest BCUT2D eigenvalue weighted by Crippen LogP contribution is -2.42. The van der Waals surface area contributed by atoms with E-state index in [-0.39, 0.29) is 11.8 Å². The highest BCUT2D eigenvalue weighted by Crippen LogP contribution is 2.27.